The van der Waals surface area contributed by atoms with Crippen molar-refractivity contribution < 1.29 is 8.42 Å². The van der Waals surface area contributed by atoms with Gasteiger partial charge in [0.1, 0.15) is 0 Å². The second-order valence-corrected chi connectivity index (χ2v) is 7.61. The molecule has 4 nitrogen and oxygen atoms in total. The minimum absolute atomic E-state index is 0.307. The van der Waals surface area contributed by atoms with Crippen LogP contribution in [0.1, 0.15) is 52.4 Å². The van der Waals surface area contributed by atoms with E-state index in [4.69, 9.17) is 0 Å². The van der Waals surface area contributed by atoms with Crippen molar-refractivity contribution in [3.8, 4) is 0 Å². The Balaban J connectivity index is 2.23. The third-order valence-electron chi connectivity index (χ3n) is 3.87. The summed E-state index contributed by atoms with van der Waals surface area (Å²) in [6.07, 6.45) is 6.51. The molecule has 0 spiro atoms. The minimum atomic E-state index is -3.03. The quantitative estimate of drug-likeness (QED) is 0.594. The van der Waals surface area contributed by atoms with Crippen LogP contribution in [0.2, 0.25) is 0 Å². The van der Waals surface area contributed by atoms with E-state index in [-0.39, 0.29) is 0 Å². The van der Waals surface area contributed by atoms with Crippen LogP contribution in [0.3, 0.4) is 0 Å². The van der Waals surface area contributed by atoms with Gasteiger partial charge in [0.15, 0.2) is 0 Å². The molecule has 0 bridgehead atoms. The van der Waals surface area contributed by atoms with Gasteiger partial charge in [0.25, 0.3) is 0 Å². The van der Waals surface area contributed by atoms with E-state index in [0.717, 1.165) is 38.9 Å². The first-order valence-electron chi connectivity index (χ1n) is 7.78. The van der Waals surface area contributed by atoms with E-state index in [1.807, 2.05) is 6.92 Å². The van der Waals surface area contributed by atoms with Gasteiger partial charge in [-0.15, -0.1) is 0 Å². The molecule has 1 aliphatic carbocycles. The Bertz CT molecular complexity index is 326. The predicted molar refractivity (Wildman–Crippen MR) is 80.8 cm³/mol. The van der Waals surface area contributed by atoms with Crippen LogP contribution in [0, 0.1) is 5.92 Å². The fraction of sp³-hybridized carbons (Fsp3) is 1.00. The Labute approximate surface area is 119 Å². The van der Waals surface area contributed by atoms with Crippen molar-refractivity contribution in [1.29, 1.82) is 0 Å². The van der Waals surface area contributed by atoms with Crippen molar-refractivity contribution in [2.24, 2.45) is 5.92 Å². The number of hydrogen-bond acceptors (Lipinski definition) is 3. The molecule has 0 unspecified atom stereocenters. The number of nitrogens with zero attached hydrogens (tertiary/aromatic N) is 1. The zero-order valence-electron chi connectivity index (χ0n) is 12.5. The minimum Gasteiger partial charge on any atom is -0.317 e. The van der Waals surface area contributed by atoms with Crippen LogP contribution in [-0.2, 0) is 10.0 Å². The summed E-state index contributed by atoms with van der Waals surface area (Å²) in [7, 11) is -3.03. The van der Waals surface area contributed by atoms with E-state index in [0.29, 0.717) is 18.2 Å². The number of unbranched alkanes of at least 4 members (excludes halogenated alkanes) is 1. The summed E-state index contributed by atoms with van der Waals surface area (Å²) in [5.41, 5.74) is 0. The second-order valence-electron chi connectivity index (χ2n) is 5.52. The van der Waals surface area contributed by atoms with Crippen molar-refractivity contribution in [1.82, 2.24) is 9.62 Å². The van der Waals surface area contributed by atoms with Crippen molar-refractivity contribution >= 4 is 10.0 Å². The SMILES string of the molecule is CCCNCCCCS(=O)(=O)N(CC)CC1CCC1. The van der Waals surface area contributed by atoms with Crippen LogP contribution in [0.15, 0.2) is 0 Å². The van der Waals surface area contributed by atoms with Gasteiger partial charge in [0, 0.05) is 13.1 Å². The number of rotatable bonds is 11. The third kappa shape index (κ3) is 6.23. The maximum absolute atomic E-state index is 12.2. The van der Waals surface area contributed by atoms with E-state index >= 15 is 0 Å². The van der Waals surface area contributed by atoms with Crippen LogP contribution in [-0.4, -0.2) is 44.7 Å². The van der Waals surface area contributed by atoms with Crippen LogP contribution in [0.4, 0.5) is 0 Å². The molecule has 1 aliphatic rings. The van der Waals surface area contributed by atoms with Gasteiger partial charge in [0.2, 0.25) is 10.0 Å². The normalized spacial score (nSPS) is 16.8. The average molecular weight is 290 g/mol. The molecular weight excluding hydrogens is 260 g/mol. The first-order valence-corrected chi connectivity index (χ1v) is 9.39. The van der Waals surface area contributed by atoms with Crippen LogP contribution < -0.4 is 5.32 Å². The van der Waals surface area contributed by atoms with Crippen LogP contribution in [0.25, 0.3) is 0 Å². The van der Waals surface area contributed by atoms with E-state index in [9.17, 15) is 8.42 Å². The maximum Gasteiger partial charge on any atom is 0.214 e. The molecule has 114 valence electrons. The van der Waals surface area contributed by atoms with Gasteiger partial charge < -0.3 is 5.32 Å². The molecule has 5 heteroatoms. The second kappa shape index (κ2) is 8.93. The summed E-state index contributed by atoms with van der Waals surface area (Å²) < 4.78 is 26.2. The summed E-state index contributed by atoms with van der Waals surface area (Å²) in [6.45, 7) is 7.39. The van der Waals surface area contributed by atoms with E-state index in [1.165, 1.54) is 19.3 Å². The molecule has 0 aromatic carbocycles. The van der Waals surface area contributed by atoms with Gasteiger partial charge >= 0.3 is 0 Å². The molecule has 0 atom stereocenters. The van der Waals surface area contributed by atoms with Crippen molar-refractivity contribution in [2.45, 2.75) is 52.4 Å². The lowest BCUT2D eigenvalue weighted by Gasteiger charge is -2.31. The summed E-state index contributed by atoms with van der Waals surface area (Å²) in [5.74, 6) is 0.919. The number of nitrogens with one attached hydrogen (secondary N) is 1. The molecular formula is C14H30N2O2S. The van der Waals surface area contributed by atoms with Crippen LogP contribution in [0.5, 0.6) is 0 Å². The highest BCUT2D eigenvalue weighted by molar-refractivity contribution is 7.89. The Morgan fingerprint density at radius 2 is 1.89 bits per heavy atom. The highest BCUT2D eigenvalue weighted by atomic mass is 32.2. The molecule has 0 aromatic heterocycles. The zero-order chi connectivity index (χ0) is 14.1. The first-order chi connectivity index (χ1) is 9.10. The average Bonchev–Trinajstić information content (AvgIpc) is 2.32. The van der Waals surface area contributed by atoms with Crippen molar-refractivity contribution in [2.75, 3.05) is 31.9 Å². The lowest BCUT2D eigenvalue weighted by Crippen LogP contribution is -2.38. The Morgan fingerprint density at radius 1 is 1.16 bits per heavy atom. The topological polar surface area (TPSA) is 49.4 Å². The van der Waals surface area contributed by atoms with Gasteiger partial charge in [-0.3, -0.25) is 0 Å². The number of hydrogen-bond donors (Lipinski definition) is 1. The van der Waals surface area contributed by atoms with Gasteiger partial charge in [-0.05, 0) is 51.1 Å². The highest BCUT2D eigenvalue weighted by Crippen LogP contribution is 2.27. The summed E-state index contributed by atoms with van der Waals surface area (Å²) in [5, 5.41) is 3.31. The van der Waals surface area contributed by atoms with Crippen molar-refractivity contribution in [3.05, 3.63) is 0 Å². The van der Waals surface area contributed by atoms with Gasteiger partial charge in [-0.1, -0.05) is 20.3 Å². The molecule has 0 aliphatic heterocycles. The van der Waals surface area contributed by atoms with Gasteiger partial charge in [0.05, 0.1) is 5.75 Å². The molecule has 0 amide bonds. The fourth-order valence-corrected chi connectivity index (χ4v) is 4.03. The third-order valence-corrected chi connectivity index (χ3v) is 5.86. The summed E-state index contributed by atoms with van der Waals surface area (Å²) in [6, 6.07) is 0. The van der Waals surface area contributed by atoms with E-state index < -0.39 is 10.0 Å². The Morgan fingerprint density at radius 3 is 2.42 bits per heavy atom. The smallest absolute Gasteiger partial charge is 0.214 e. The molecule has 0 saturated heterocycles. The molecule has 19 heavy (non-hydrogen) atoms. The maximum atomic E-state index is 12.2. The van der Waals surface area contributed by atoms with Crippen LogP contribution >= 0.6 is 0 Å². The molecule has 0 radical (unpaired) electrons. The predicted octanol–water partition coefficient (Wildman–Crippen LogP) is 2.22. The number of sulfonamides is 1. The molecule has 1 N–H and O–H groups in total. The molecule has 0 aromatic rings. The highest BCUT2D eigenvalue weighted by Gasteiger charge is 2.26. The molecule has 1 rings (SSSR count). The lowest BCUT2D eigenvalue weighted by atomic mass is 9.85. The molecule has 0 heterocycles. The van der Waals surface area contributed by atoms with Gasteiger partial charge in [-0.25, -0.2) is 12.7 Å². The summed E-state index contributed by atoms with van der Waals surface area (Å²) in [4.78, 5) is 0. The van der Waals surface area contributed by atoms with Crippen molar-refractivity contribution in [3.63, 3.8) is 0 Å². The first kappa shape index (κ1) is 16.9. The van der Waals surface area contributed by atoms with E-state index in [1.54, 1.807) is 4.31 Å². The Hall–Kier alpha value is -0.130. The Kier molecular flexibility index (Phi) is 7.95. The van der Waals surface area contributed by atoms with Gasteiger partial charge in [-0.2, -0.15) is 0 Å². The summed E-state index contributed by atoms with van der Waals surface area (Å²) >= 11 is 0. The zero-order valence-corrected chi connectivity index (χ0v) is 13.3. The lowest BCUT2D eigenvalue weighted by molar-refractivity contribution is 0.250. The largest absolute Gasteiger partial charge is 0.317 e. The molecule has 1 fully saturated rings. The monoisotopic (exact) mass is 290 g/mol. The standard InChI is InChI=1S/C14H30N2O2S/c1-3-10-15-11-5-6-12-19(17,18)16(4-2)13-14-8-7-9-14/h14-15H,3-13H2,1-2H3. The van der Waals surface area contributed by atoms with E-state index in [2.05, 4.69) is 12.2 Å². The fourth-order valence-electron chi connectivity index (χ4n) is 2.37. The molecule has 1 saturated carbocycles.